The fraction of sp³-hybridized carbons (Fsp3) is 0.500. The van der Waals surface area contributed by atoms with Crippen LogP contribution in [0.1, 0.15) is 31.2 Å². The van der Waals surface area contributed by atoms with Gasteiger partial charge in [0.25, 0.3) is 0 Å². The summed E-state index contributed by atoms with van der Waals surface area (Å²) in [6.45, 7) is 0. The van der Waals surface area contributed by atoms with Crippen LogP contribution in [0, 0.1) is 0 Å². The largest absolute Gasteiger partial charge is 0.497 e. The van der Waals surface area contributed by atoms with Crippen molar-refractivity contribution in [1.82, 2.24) is 0 Å². The van der Waals surface area contributed by atoms with E-state index in [9.17, 15) is 4.79 Å². The van der Waals surface area contributed by atoms with Crippen molar-refractivity contribution in [2.45, 2.75) is 31.2 Å². The molecule has 4 heteroatoms. The molecule has 18 heavy (non-hydrogen) atoms. The van der Waals surface area contributed by atoms with Crippen LogP contribution in [0.2, 0.25) is 0 Å². The Kier molecular flexibility index (Phi) is 3.68. The molecule has 0 unspecified atom stereocenters. The van der Waals surface area contributed by atoms with E-state index in [0.29, 0.717) is 0 Å². The molecule has 0 N–H and O–H groups in total. The lowest BCUT2D eigenvalue weighted by Crippen LogP contribution is -2.19. The number of nitrogens with zero attached hydrogens (tertiary/aromatic N) is 1. The summed E-state index contributed by atoms with van der Waals surface area (Å²) in [5.74, 6) is 1.45. The summed E-state index contributed by atoms with van der Waals surface area (Å²) >= 11 is 0. The summed E-state index contributed by atoms with van der Waals surface area (Å²) in [5.41, 5.74) is 0.492. The molecule has 1 saturated carbocycles. The van der Waals surface area contributed by atoms with Crippen LogP contribution in [0.4, 0.5) is 0 Å². The van der Waals surface area contributed by atoms with Crippen LogP contribution in [0.3, 0.4) is 0 Å². The third kappa shape index (κ3) is 2.12. The number of hydrogen-bond acceptors (Lipinski definition) is 4. The highest BCUT2D eigenvalue weighted by atomic mass is 16.5. The molecule has 0 saturated heterocycles. The fourth-order valence-electron chi connectivity index (χ4n) is 2.67. The molecule has 96 valence electrons. The topological polar surface area (TPSA) is 47.9 Å². The number of methoxy groups -OCH3 is 2. The Bertz CT molecular complexity index is 472. The van der Waals surface area contributed by atoms with Crippen LogP contribution < -0.4 is 9.47 Å². The van der Waals surface area contributed by atoms with Crippen molar-refractivity contribution in [1.29, 1.82) is 0 Å². The highest BCUT2D eigenvalue weighted by Gasteiger charge is 2.38. The second kappa shape index (κ2) is 5.23. The first kappa shape index (κ1) is 12.7. The lowest BCUT2D eigenvalue weighted by atomic mass is 9.88. The molecular formula is C14H17NO3. The average molecular weight is 247 g/mol. The normalized spacial score (nSPS) is 17.0. The Morgan fingerprint density at radius 2 is 1.94 bits per heavy atom. The van der Waals surface area contributed by atoms with E-state index in [1.807, 2.05) is 18.2 Å². The molecule has 2 rings (SSSR count). The van der Waals surface area contributed by atoms with Gasteiger partial charge in [0.1, 0.15) is 17.0 Å². The predicted molar refractivity (Wildman–Crippen MR) is 67.8 cm³/mol. The lowest BCUT2D eigenvalue weighted by Gasteiger charge is -2.25. The van der Waals surface area contributed by atoms with E-state index in [4.69, 9.17) is 9.47 Å². The van der Waals surface area contributed by atoms with Crippen molar-refractivity contribution in [3.05, 3.63) is 23.8 Å². The first-order valence-electron chi connectivity index (χ1n) is 6.07. The Balaban J connectivity index is 2.50. The van der Waals surface area contributed by atoms with Crippen molar-refractivity contribution in [3.8, 4) is 11.5 Å². The zero-order chi connectivity index (χ0) is 13.0. The van der Waals surface area contributed by atoms with E-state index in [2.05, 4.69) is 4.99 Å². The second-order valence-electron chi connectivity index (χ2n) is 4.51. The number of aliphatic imine (C=N–C) groups is 1. The summed E-state index contributed by atoms with van der Waals surface area (Å²) < 4.78 is 10.6. The van der Waals surface area contributed by atoms with Crippen molar-refractivity contribution in [2.24, 2.45) is 4.99 Å². The Morgan fingerprint density at radius 3 is 2.50 bits per heavy atom. The summed E-state index contributed by atoms with van der Waals surface area (Å²) in [5, 5.41) is 0. The molecule has 1 aliphatic rings. The van der Waals surface area contributed by atoms with E-state index in [1.54, 1.807) is 20.3 Å². The van der Waals surface area contributed by atoms with Crippen LogP contribution in [-0.4, -0.2) is 20.3 Å². The van der Waals surface area contributed by atoms with Gasteiger partial charge in [0.05, 0.1) is 14.2 Å². The molecule has 1 aliphatic carbocycles. The molecule has 0 amide bonds. The minimum atomic E-state index is -0.459. The van der Waals surface area contributed by atoms with Crippen molar-refractivity contribution >= 4 is 6.08 Å². The molecule has 0 radical (unpaired) electrons. The molecule has 0 aromatic heterocycles. The maximum absolute atomic E-state index is 10.7. The zero-order valence-electron chi connectivity index (χ0n) is 10.7. The van der Waals surface area contributed by atoms with Gasteiger partial charge in [-0.1, -0.05) is 12.8 Å². The molecule has 1 aromatic rings. The van der Waals surface area contributed by atoms with Crippen LogP contribution in [0.5, 0.6) is 11.5 Å². The predicted octanol–water partition coefficient (Wildman–Crippen LogP) is 2.81. The van der Waals surface area contributed by atoms with Gasteiger partial charge in [-0.25, -0.2) is 4.79 Å². The van der Waals surface area contributed by atoms with Gasteiger partial charge in [-0.3, -0.25) is 0 Å². The number of ether oxygens (including phenoxy) is 2. The van der Waals surface area contributed by atoms with E-state index in [0.717, 1.165) is 42.7 Å². The monoisotopic (exact) mass is 247 g/mol. The van der Waals surface area contributed by atoms with E-state index < -0.39 is 5.54 Å². The van der Waals surface area contributed by atoms with Crippen molar-refractivity contribution < 1.29 is 14.3 Å². The average Bonchev–Trinajstić information content (AvgIpc) is 2.88. The zero-order valence-corrected chi connectivity index (χ0v) is 10.7. The van der Waals surface area contributed by atoms with Crippen LogP contribution in [0.25, 0.3) is 0 Å². The van der Waals surface area contributed by atoms with Crippen LogP contribution in [0.15, 0.2) is 23.2 Å². The van der Waals surface area contributed by atoms with Crippen molar-refractivity contribution in [3.63, 3.8) is 0 Å². The van der Waals surface area contributed by atoms with Gasteiger partial charge in [-0.05, 0) is 25.0 Å². The summed E-state index contributed by atoms with van der Waals surface area (Å²) in [4.78, 5) is 14.8. The maximum Gasteiger partial charge on any atom is 0.235 e. The minimum absolute atomic E-state index is 0.459. The maximum atomic E-state index is 10.7. The fourth-order valence-corrected chi connectivity index (χ4v) is 2.67. The molecule has 1 aromatic carbocycles. The first-order valence-corrected chi connectivity index (χ1v) is 6.07. The number of benzene rings is 1. The highest BCUT2D eigenvalue weighted by Crippen LogP contribution is 2.46. The molecule has 0 spiro atoms. The Hall–Kier alpha value is -1.80. The number of hydrogen-bond donors (Lipinski definition) is 0. The summed E-state index contributed by atoms with van der Waals surface area (Å²) in [7, 11) is 3.23. The SMILES string of the molecule is COc1ccc(C2(N=C=O)CCCC2)c(OC)c1. The minimum Gasteiger partial charge on any atom is -0.497 e. The quantitative estimate of drug-likeness (QED) is 0.607. The van der Waals surface area contributed by atoms with Crippen molar-refractivity contribution in [2.75, 3.05) is 14.2 Å². The number of isocyanates is 1. The Labute approximate surface area is 107 Å². The summed E-state index contributed by atoms with van der Waals surface area (Å²) in [6.07, 6.45) is 5.59. The molecule has 0 aliphatic heterocycles. The van der Waals surface area contributed by atoms with Gasteiger partial charge < -0.3 is 9.47 Å². The van der Waals surface area contributed by atoms with Gasteiger partial charge in [0.2, 0.25) is 6.08 Å². The third-order valence-electron chi connectivity index (χ3n) is 3.60. The second-order valence-corrected chi connectivity index (χ2v) is 4.51. The van der Waals surface area contributed by atoms with E-state index in [-0.39, 0.29) is 0 Å². The highest BCUT2D eigenvalue weighted by molar-refractivity contribution is 5.48. The lowest BCUT2D eigenvalue weighted by molar-refractivity contribution is 0.370. The standard InChI is InChI=1S/C14H17NO3/c1-17-11-5-6-12(13(9-11)18-2)14(15-10-16)7-3-4-8-14/h5-6,9H,3-4,7-8H2,1-2H3. The van der Waals surface area contributed by atoms with Gasteiger partial charge in [0, 0.05) is 11.6 Å². The number of rotatable bonds is 4. The summed E-state index contributed by atoms with van der Waals surface area (Å²) in [6, 6.07) is 5.64. The first-order chi connectivity index (χ1) is 8.75. The number of carbonyl (C=O) groups excluding carboxylic acids is 1. The van der Waals surface area contributed by atoms with Gasteiger partial charge in [-0.15, -0.1) is 0 Å². The van der Waals surface area contributed by atoms with Crippen LogP contribution >= 0.6 is 0 Å². The van der Waals surface area contributed by atoms with Gasteiger partial charge in [-0.2, -0.15) is 4.99 Å². The molecule has 1 fully saturated rings. The van der Waals surface area contributed by atoms with Gasteiger partial charge >= 0.3 is 0 Å². The van der Waals surface area contributed by atoms with Crippen LogP contribution in [-0.2, 0) is 10.3 Å². The molecular weight excluding hydrogens is 230 g/mol. The molecule has 0 atom stereocenters. The Morgan fingerprint density at radius 1 is 1.22 bits per heavy atom. The van der Waals surface area contributed by atoms with E-state index >= 15 is 0 Å². The molecule has 0 bridgehead atoms. The molecule has 4 nitrogen and oxygen atoms in total. The van der Waals surface area contributed by atoms with E-state index in [1.165, 1.54) is 0 Å². The smallest absolute Gasteiger partial charge is 0.235 e. The van der Waals surface area contributed by atoms with Gasteiger partial charge in [0.15, 0.2) is 0 Å². The third-order valence-corrected chi connectivity index (χ3v) is 3.60. The molecule has 0 heterocycles.